The highest BCUT2D eigenvalue weighted by molar-refractivity contribution is 7.88. The molecule has 3 heterocycles. The van der Waals surface area contributed by atoms with E-state index >= 15 is 0 Å². The smallest absolute Gasteiger partial charge is 0.227 e. The van der Waals surface area contributed by atoms with Crippen LogP contribution in [0.25, 0.3) is 0 Å². The van der Waals surface area contributed by atoms with Crippen molar-refractivity contribution in [3.63, 3.8) is 0 Å². The van der Waals surface area contributed by atoms with E-state index < -0.39 is 10.0 Å². The van der Waals surface area contributed by atoms with Crippen LogP contribution in [0.1, 0.15) is 11.1 Å². The molecule has 0 atom stereocenters. The molecule has 4 rings (SSSR count). The summed E-state index contributed by atoms with van der Waals surface area (Å²) >= 11 is 0. The van der Waals surface area contributed by atoms with Gasteiger partial charge in [-0.15, -0.1) is 0 Å². The standard InChI is InChI=1S/C20H27N5O3S/c1-17-3-2-4-18(15-17)16-29(26,27)25-9-7-23(8-10-25)19-5-6-21-20(22-19)24-11-13-28-14-12-24/h2-6,15H,7-14,16H2,1H3. The second-order valence-corrected chi connectivity index (χ2v) is 9.41. The van der Waals surface area contributed by atoms with E-state index in [0.717, 1.165) is 30.0 Å². The predicted octanol–water partition coefficient (Wildman–Crippen LogP) is 1.27. The molecule has 2 fully saturated rings. The van der Waals surface area contributed by atoms with E-state index in [1.54, 1.807) is 10.5 Å². The van der Waals surface area contributed by atoms with Crippen molar-refractivity contribution in [1.82, 2.24) is 14.3 Å². The molecule has 0 radical (unpaired) electrons. The molecule has 0 amide bonds. The van der Waals surface area contributed by atoms with Crippen molar-refractivity contribution in [2.75, 3.05) is 62.3 Å². The van der Waals surface area contributed by atoms with Gasteiger partial charge in [-0.1, -0.05) is 29.8 Å². The van der Waals surface area contributed by atoms with Crippen LogP contribution in [0.15, 0.2) is 36.5 Å². The van der Waals surface area contributed by atoms with Crippen molar-refractivity contribution in [3.8, 4) is 0 Å². The summed E-state index contributed by atoms with van der Waals surface area (Å²) in [7, 11) is -3.33. The fourth-order valence-corrected chi connectivity index (χ4v) is 5.23. The number of anilines is 2. The molecule has 1 aromatic carbocycles. The van der Waals surface area contributed by atoms with Crippen LogP contribution in [0, 0.1) is 6.92 Å². The number of morpholine rings is 1. The first-order valence-corrected chi connectivity index (χ1v) is 11.6. The van der Waals surface area contributed by atoms with Gasteiger partial charge in [0.2, 0.25) is 16.0 Å². The van der Waals surface area contributed by atoms with Crippen molar-refractivity contribution >= 4 is 21.8 Å². The first kappa shape index (κ1) is 20.1. The summed E-state index contributed by atoms with van der Waals surface area (Å²) in [5.74, 6) is 1.60. The number of sulfonamides is 1. The van der Waals surface area contributed by atoms with E-state index in [1.807, 2.05) is 37.3 Å². The summed E-state index contributed by atoms with van der Waals surface area (Å²) in [4.78, 5) is 13.3. The predicted molar refractivity (Wildman–Crippen MR) is 113 cm³/mol. The molecule has 9 heteroatoms. The normalized spacial score (nSPS) is 18.8. The molecule has 2 aliphatic heterocycles. The Bertz CT molecular complexity index is 939. The van der Waals surface area contributed by atoms with Gasteiger partial charge in [0.15, 0.2) is 0 Å². The van der Waals surface area contributed by atoms with Gasteiger partial charge in [0.05, 0.1) is 19.0 Å². The number of aromatic nitrogens is 2. The van der Waals surface area contributed by atoms with E-state index in [9.17, 15) is 8.42 Å². The zero-order chi connectivity index (χ0) is 20.3. The first-order chi connectivity index (χ1) is 14.0. The number of hydrogen-bond donors (Lipinski definition) is 0. The molecule has 2 aromatic rings. The Morgan fingerprint density at radius 3 is 2.48 bits per heavy atom. The van der Waals surface area contributed by atoms with E-state index in [-0.39, 0.29) is 5.75 Å². The van der Waals surface area contributed by atoms with E-state index in [2.05, 4.69) is 14.8 Å². The zero-order valence-corrected chi connectivity index (χ0v) is 17.5. The SMILES string of the molecule is Cc1cccc(CS(=O)(=O)N2CCN(c3ccnc(N4CCOCC4)n3)CC2)c1. The van der Waals surface area contributed by atoms with Crippen LogP contribution in [-0.4, -0.2) is 75.2 Å². The van der Waals surface area contributed by atoms with Gasteiger partial charge in [0.1, 0.15) is 5.82 Å². The number of nitrogens with zero attached hydrogens (tertiary/aromatic N) is 5. The van der Waals surface area contributed by atoms with Crippen LogP contribution in [-0.2, 0) is 20.5 Å². The molecule has 1 aromatic heterocycles. The Hall–Kier alpha value is -2.23. The van der Waals surface area contributed by atoms with Gasteiger partial charge in [-0.25, -0.2) is 13.4 Å². The highest BCUT2D eigenvalue weighted by Gasteiger charge is 2.28. The maximum atomic E-state index is 12.8. The largest absolute Gasteiger partial charge is 0.378 e. The monoisotopic (exact) mass is 417 g/mol. The lowest BCUT2D eigenvalue weighted by atomic mass is 10.2. The van der Waals surface area contributed by atoms with Crippen LogP contribution < -0.4 is 9.80 Å². The molecule has 2 aliphatic rings. The Morgan fingerprint density at radius 2 is 1.76 bits per heavy atom. The van der Waals surface area contributed by atoms with Gasteiger partial charge in [0.25, 0.3) is 0 Å². The molecule has 8 nitrogen and oxygen atoms in total. The Morgan fingerprint density at radius 1 is 1.00 bits per heavy atom. The van der Waals surface area contributed by atoms with Crippen LogP contribution in [0.2, 0.25) is 0 Å². The molecule has 2 saturated heterocycles. The van der Waals surface area contributed by atoms with Crippen molar-refractivity contribution in [1.29, 1.82) is 0 Å². The Labute approximate surface area is 172 Å². The molecule has 0 spiro atoms. The molecule has 0 aliphatic carbocycles. The van der Waals surface area contributed by atoms with E-state index in [4.69, 9.17) is 9.72 Å². The second-order valence-electron chi connectivity index (χ2n) is 7.45. The molecular formula is C20H27N5O3S. The number of piperazine rings is 1. The third-order valence-electron chi connectivity index (χ3n) is 5.31. The maximum absolute atomic E-state index is 12.8. The average molecular weight is 418 g/mol. The van der Waals surface area contributed by atoms with Gasteiger partial charge < -0.3 is 14.5 Å². The molecule has 29 heavy (non-hydrogen) atoms. The Kier molecular flexibility index (Phi) is 5.98. The summed E-state index contributed by atoms with van der Waals surface area (Å²) in [5, 5.41) is 0. The lowest BCUT2D eigenvalue weighted by Crippen LogP contribution is -2.49. The van der Waals surface area contributed by atoms with Crippen molar-refractivity contribution in [2.24, 2.45) is 0 Å². The minimum atomic E-state index is -3.33. The average Bonchev–Trinajstić information content (AvgIpc) is 2.74. The fourth-order valence-electron chi connectivity index (χ4n) is 3.73. The highest BCUT2D eigenvalue weighted by Crippen LogP contribution is 2.20. The third kappa shape index (κ3) is 4.85. The summed E-state index contributed by atoms with van der Waals surface area (Å²) in [6, 6.07) is 9.57. The topological polar surface area (TPSA) is 78.9 Å². The minimum Gasteiger partial charge on any atom is -0.378 e. The van der Waals surface area contributed by atoms with Crippen molar-refractivity contribution in [3.05, 3.63) is 47.7 Å². The molecule has 156 valence electrons. The van der Waals surface area contributed by atoms with Gasteiger partial charge in [-0.2, -0.15) is 9.29 Å². The summed E-state index contributed by atoms with van der Waals surface area (Å²) in [6.07, 6.45) is 1.77. The number of aryl methyl sites for hydroxylation is 1. The summed E-state index contributed by atoms with van der Waals surface area (Å²) in [6.45, 7) is 7.08. The first-order valence-electron chi connectivity index (χ1n) is 9.95. The molecule has 0 unspecified atom stereocenters. The molecule has 0 bridgehead atoms. The quantitative estimate of drug-likeness (QED) is 0.725. The second kappa shape index (κ2) is 8.64. The van der Waals surface area contributed by atoms with Gasteiger partial charge >= 0.3 is 0 Å². The lowest BCUT2D eigenvalue weighted by molar-refractivity contribution is 0.122. The van der Waals surface area contributed by atoms with E-state index in [1.165, 1.54) is 0 Å². The minimum absolute atomic E-state index is 0.0450. The van der Waals surface area contributed by atoms with Crippen LogP contribution in [0.3, 0.4) is 0 Å². The maximum Gasteiger partial charge on any atom is 0.227 e. The molecular weight excluding hydrogens is 390 g/mol. The number of benzene rings is 1. The van der Waals surface area contributed by atoms with Crippen molar-refractivity contribution in [2.45, 2.75) is 12.7 Å². The van der Waals surface area contributed by atoms with Gasteiger partial charge in [-0.05, 0) is 18.6 Å². The van der Waals surface area contributed by atoms with Gasteiger partial charge in [0, 0.05) is 45.5 Å². The molecule has 0 N–H and O–H groups in total. The lowest BCUT2D eigenvalue weighted by Gasteiger charge is -2.35. The highest BCUT2D eigenvalue weighted by atomic mass is 32.2. The summed E-state index contributed by atoms with van der Waals surface area (Å²) < 4.78 is 32.7. The van der Waals surface area contributed by atoms with Crippen LogP contribution in [0.4, 0.5) is 11.8 Å². The number of ether oxygens (including phenoxy) is 1. The van der Waals surface area contributed by atoms with Crippen LogP contribution in [0.5, 0.6) is 0 Å². The number of hydrogen-bond acceptors (Lipinski definition) is 7. The van der Waals surface area contributed by atoms with Gasteiger partial charge in [-0.3, -0.25) is 0 Å². The summed E-state index contributed by atoms with van der Waals surface area (Å²) in [5.41, 5.74) is 1.90. The van der Waals surface area contributed by atoms with Crippen molar-refractivity contribution < 1.29 is 13.2 Å². The van der Waals surface area contributed by atoms with E-state index in [0.29, 0.717) is 45.3 Å². The fraction of sp³-hybridized carbons (Fsp3) is 0.500. The molecule has 0 saturated carbocycles. The number of rotatable bonds is 5. The van der Waals surface area contributed by atoms with Crippen LogP contribution >= 0.6 is 0 Å². The Balaban J connectivity index is 1.39. The zero-order valence-electron chi connectivity index (χ0n) is 16.7. The third-order valence-corrected chi connectivity index (χ3v) is 7.16.